The molecule has 90 valence electrons. The van der Waals surface area contributed by atoms with Gasteiger partial charge in [0.15, 0.2) is 0 Å². The van der Waals surface area contributed by atoms with Gasteiger partial charge in [-0.25, -0.2) is 0 Å². The Morgan fingerprint density at radius 2 is 1.93 bits per heavy atom. The van der Waals surface area contributed by atoms with Crippen LogP contribution < -0.4 is 5.32 Å². The molecule has 0 saturated heterocycles. The Morgan fingerprint density at radius 1 is 1.40 bits per heavy atom. The SMILES string of the molecule is CCN(CC)CCC(C)(NC)C(=O)OC. The van der Waals surface area contributed by atoms with Crippen molar-refractivity contribution in [1.82, 2.24) is 10.2 Å². The van der Waals surface area contributed by atoms with Gasteiger partial charge in [0.25, 0.3) is 0 Å². The summed E-state index contributed by atoms with van der Waals surface area (Å²) < 4.78 is 4.79. The fourth-order valence-electron chi connectivity index (χ4n) is 1.48. The van der Waals surface area contributed by atoms with Gasteiger partial charge in [0.2, 0.25) is 0 Å². The predicted octanol–water partition coefficient (Wildman–Crippen LogP) is 0.869. The summed E-state index contributed by atoms with van der Waals surface area (Å²) >= 11 is 0. The van der Waals surface area contributed by atoms with E-state index in [1.807, 2.05) is 6.92 Å². The van der Waals surface area contributed by atoms with Crippen LogP contribution in [0, 0.1) is 0 Å². The number of hydrogen-bond donors (Lipinski definition) is 1. The normalized spacial score (nSPS) is 15.1. The molecule has 0 rings (SSSR count). The van der Waals surface area contributed by atoms with Gasteiger partial charge < -0.3 is 15.0 Å². The molecule has 0 radical (unpaired) electrons. The molecule has 0 aromatic carbocycles. The number of likely N-dealkylation sites (N-methyl/N-ethyl adjacent to an activating group) is 1. The molecular weight excluding hydrogens is 192 g/mol. The van der Waals surface area contributed by atoms with Gasteiger partial charge in [0, 0.05) is 6.54 Å². The van der Waals surface area contributed by atoms with Crippen LogP contribution >= 0.6 is 0 Å². The Labute approximate surface area is 93.0 Å². The molecule has 0 aromatic rings. The number of nitrogens with one attached hydrogen (secondary N) is 1. The molecular formula is C11H24N2O2. The lowest BCUT2D eigenvalue weighted by atomic mass is 9.98. The maximum Gasteiger partial charge on any atom is 0.325 e. The van der Waals surface area contributed by atoms with E-state index in [0.717, 1.165) is 26.1 Å². The summed E-state index contributed by atoms with van der Waals surface area (Å²) in [5.74, 6) is -0.197. The van der Waals surface area contributed by atoms with Gasteiger partial charge in [-0.2, -0.15) is 0 Å². The minimum absolute atomic E-state index is 0.197. The van der Waals surface area contributed by atoms with Crippen molar-refractivity contribution in [2.75, 3.05) is 33.8 Å². The van der Waals surface area contributed by atoms with Gasteiger partial charge in [-0.15, -0.1) is 0 Å². The van der Waals surface area contributed by atoms with Crippen molar-refractivity contribution in [2.24, 2.45) is 0 Å². The number of carbonyl (C=O) groups excluding carboxylic acids is 1. The summed E-state index contributed by atoms with van der Waals surface area (Å²) in [5.41, 5.74) is -0.572. The van der Waals surface area contributed by atoms with Crippen molar-refractivity contribution < 1.29 is 9.53 Å². The van der Waals surface area contributed by atoms with Gasteiger partial charge in [-0.1, -0.05) is 13.8 Å². The minimum Gasteiger partial charge on any atom is -0.468 e. The van der Waals surface area contributed by atoms with E-state index in [1.165, 1.54) is 7.11 Å². The zero-order valence-corrected chi connectivity index (χ0v) is 10.6. The third-order valence-electron chi connectivity index (χ3n) is 3.01. The molecule has 0 spiro atoms. The largest absolute Gasteiger partial charge is 0.468 e. The summed E-state index contributed by atoms with van der Waals surface area (Å²) in [6, 6.07) is 0. The van der Waals surface area contributed by atoms with E-state index in [4.69, 9.17) is 4.74 Å². The highest BCUT2D eigenvalue weighted by atomic mass is 16.5. The fourth-order valence-corrected chi connectivity index (χ4v) is 1.48. The number of ether oxygens (including phenoxy) is 1. The lowest BCUT2D eigenvalue weighted by Gasteiger charge is -2.29. The second kappa shape index (κ2) is 6.80. The Balaban J connectivity index is 4.25. The zero-order chi connectivity index (χ0) is 11.9. The lowest BCUT2D eigenvalue weighted by molar-refractivity contribution is -0.148. The van der Waals surface area contributed by atoms with Gasteiger partial charge in [0.05, 0.1) is 7.11 Å². The Morgan fingerprint density at radius 3 is 2.27 bits per heavy atom. The molecule has 0 amide bonds. The van der Waals surface area contributed by atoms with Crippen LogP contribution in [0.25, 0.3) is 0 Å². The lowest BCUT2D eigenvalue weighted by Crippen LogP contribution is -2.50. The van der Waals surface area contributed by atoms with Crippen LogP contribution in [0.3, 0.4) is 0 Å². The first kappa shape index (κ1) is 14.4. The first-order valence-electron chi connectivity index (χ1n) is 5.53. The van der Waals surface area contributed by atoms with Crippen LogP contribution in [0.1, 0.15) is 27.2 Å². The van der Waals surface area contributed by atoms with E-state index in [0.29, 0.717) is 0 Å². The topological polar surface area (TPSA) is 41.6 Å². The van der Waals surface area contributed by atoms with Crippen LogP contribution in [0.5, 0.6) is 0 Å². The van der Waals surface area contributed by atoms with E-state index in [2.05, 4.69) is 24.1 Å². The Bertz CT molecular complexity index is 193. The third-order valence-corrected chi connectivity index (χ3v) is 3.01. The number of methoxy groups -OCH3 is 1. The molecule has 4 nitrogen and oxygen atoms in total. The van der Waals surface area contributed by atoms with Gasteiger partial charge >= 0.3 is 5.97 Å². The van der Waals surface area contributed by atoms with Crippen molar-refractivity contribution in [2.45, 2.75) is 32.7 Å². The highest BCUT2D eigenvalue weighted by molar-refractivity contribution is 5.80. The molecule has 1 N–H and O–H groups in total. The molecule has 15 heavy (non-hydrogen) atoms. The molecule has 4 heteroatoms. The van der Waals surface area contributed by atoms with Crippen molar-refractivity contribution in [1.29, 1.82) is 0 Å². The number of hydrogen-bond acceptors (Lipinski definition) is 4. The van der Waals surface area contributed by atoms with Crippen LogP contribution in [0.4, 0.5) is 0 Å². The number of esters is 1. The highest BCUT2D eigenvalue weighted by Gasteiger charge is 2.32. The maximum atomic E-state index is 11.6. The van der Waals surface area contributed by atoms with E-state index < -0.39 is 5.54 Å². The maximum absolute atomic E-state index is 11.6. The monoisotopic (exact) mass is 216 g/mol. The molecule has 0 heterocycles. The second-order valence-electron chi connectivity index (χ2n) is 3.85. The van der Waals surface area contributed by atoms with Crippen molar-refractivity contribution in [3.05, 3.63) is 0 Å². The smallest absolute Gasteiger partial charge is 0.325 e. The van der Waals surface area contributed by atoms with Crippen LogP contribution in [0.15, 0.2) is 0 Å². The molecule has 0 fully saturated rings. The highest BCUT2D eigenvalue weighted by Crippen LogP contribution is 2.12. The van der Waals surface area contributed by atoms with E-state index in [-0.39, 0.29) is 5.97 Å². The number of nitrogens with zero attached hydrogens (tertiary/aromatic N) is 1. The van der Waals surface area contributed by atoms with Crippen LogP contribution in [0.2, 0.25) is 0 Å². The van der Waals surface area contributed by atoms with Crippen molar-refractivity contribution in [3.8, 4) is 0 Å². The van der Waals surface area contributed by atoms with Gasteiger partial charge in [-0.3, -0.25) is 4.79 Å². The minimum atomic E-state index is -0.572. The molecule has 0 bridgehead atoms. The molecule has 0 aliphatic rings. The zero-order valence-electron chi connectivity index (χ0n) is 10.6. The average molecular weight is 216 g/mol. The van der Waals surface area contributed by atoms with E-state index >= 15 is 0 Å². The molecule has 1 unspecified atom stereocenters. The van der Waals surface area contributed by atoms with Crippen LogP contribution in [-0.2, 0) is 9.53 Å². The third kappa shape index (κ3) is 4.18. The predicted molar refractivity (Wildman–Crippen MR) is 61.9 cm³/mol. The Hall–Kier alpha value is -0.610. The number of rotatable bonds is 7. The van der Waals surface area contributed by atoms with E-state index in [1.54, 1.807) is 7.05 Å². The summed E-state index contributed by atoms with van der Waals surface area (Å²) in [6.45, 7) is 9.05. The standard InChI is InChI=1S/C11H24N2O2/c1-6-13(7-2)9-8-11(3,12-4)10(14)15-5/h12H,6-9H2,1-5H3. The fraction of sp³-hybridized carbons (Fsp3) is 0.909. The molecule has 0 aliphatic carbocycles. The van der Waals surface area contributed by atoms with Crippen molar-refractivity contribution in [3.63, 3.8) is 0 Å². The second-order valence-corrected chi connectivity index (χ2v) is 3.85. The van der Waals surface area contributed by atoms with Crippen molar-refractivity contribution >= 4 is 5.97 Å². The van der Waals surface area contributed by atoms with Gasteiger partial charge in [0.1, 0.15) is 5.54 Å². The molecule has 1 atom stereocenters. The first-order chi connectivity index (χ1) is 7.03. The van der Waals surface area contributed by atoms with Crippen LogP contribution in [-0.4, -0.2) is 50.2 Å². The molecule has 0 saturated carbocycles. The van der Waals surface area contributed by atoms with Gasteiger partial charge in [-0.05, 0) is 33.5 Å². The first-order valence-corrected chi connectivity index (χ1v) is 5.53. The quantitative estimate of drug-likeness (QED) is 0.641. The van der Waals surface area contributed by atoms with E-state index in [9.17, 15) is 4.79 Å². The summed E-state index contributed by atoms with van der Waals surface area (Å²) in [5, 5.41) is 3.03. The summed E-state index contributed by atoms with van der Waals surface area (Å²) in [7, 11) is 3.22. The summed E-state index contributed by atoms with van der Waals surface area (Å²) in [4.78, 5) is 13.8. The molecule has 0 aromatic heterocycles. The number of carbonyl (C=O) groups is 1. The Kier molecular flexibility index (Phi) is 6.52. The average Bonchev–Trinajstić information content (AvgIpc) is 2.28. The summed E-state index contributed by atoms with van der Waals surface area (Å²) in [6.07, 6.45) is 0.762. The molecule has 0 aliphatic heterocycles.